The smallest absolute Gasteiger partial charge is 0.229 e. The van der Waals surface area contributed by atoms with Crippen LogP contribution in [-0.4, -0.2) is 51.7 Å². The lowest BCUT2D eigenvalue weighted by atomic mass is 9.86. The van der Waals surface area contributed by atoms with Crippen LogP contribution in [0.2, 0.25) is 0 Å². The molecule has 2 aliphatic rings. The first-order valence-corrected chi connectivity index (χ1v) is 9.31. The Morgan fingerprint density at radius 1 is 1.29 bits per heavy atom. The fraction of sp³-hybridized carbons (Fsp3) is 0.368. The molecular formula is C19H21N7O2. The predicted molar refractivity (Wildman–Crippen MR) is 105 cm³/mol. The van der Waals surface area contributed by atoms with Crippen molar-refractivity contribution < 1.29 is 9.53 Å². The zero-order chi connectivity index (χ0) is 19.3. The summed E-state index contributed by atoms with van der Waals surface area (Å²) in [6.07, 6.45) is 4.07. The van der Waals surface area contributed by atoms with Gasteiger partial charge in [-0.3, -0.25) is 4.79 Å². The second-order valence-electron chi connectivity index (χ2n) is 7.15. The molecule has 9 heteroatoms. The molecule has 1 amide bonds. The zero-order valence-corrected chi connectivity index (χ0v) is 15.6. The third kappa shape index (κ3) is 2.66. The van der Waals surface area contributed by atoms with Crippen molar-refractivity contribution in [3.63, 3.8) is 0 Å². The van der Waals surface area contributed by atoms with E-state index in [0.717, 1.165) is 22.2 Å². The molecule has 0 radical (unpaired) electrons. The standard InChI is InChI=1S/C19H21N7O2/c1-25-10-13(11-3-2-4-21-18(11)25)12-9-14(27)22-17-15(12)16(20)23-19(24-17)26-5-7-28-8-6-26/h2-4,10,12H,5-9H2,1H3,(H3,20,22,23,24,27). The number of morpholine rings is 1. The Labute approximate surface area is 161 Å². The lowest BCUT2D eigenvalue weighted by molar-refractivity contribution is -0.116. The molecule has 5 rings (SSSR count). The van der Waals surface area contributed by atoms with Crippen molar-refractivity contribution in [2.75, 3.05) is 42.3 Å². The Bertz CT molecular complexity index is 1070. The maximum absolute atomic E-state index is 12.5. The highest BCUT2D eigenvalue weighted by atomic mass is 16.5. The van der Waals surface area contributed by atoms with Gasteiger partial charge >= 0.3 is 0 Å². The van der Waals surface area contributed by atoms with Gasteiger partial charge < -0.3 is 25.3 Å². The Morgan fingerprint density at radius 2 is 2.11 bits per heavy atom. The number of rotatable bonds is 2. The summed E-state index contributed by atoms with van der Waals surface area (Å²) in [4.78, 5) is 28.2. The number of nitrogens with one attached hydrogen (secondary N) is 1. The molecule has 0 saturated carbocycles. The molecule has 3 aromatic rings. The number of nitrogen functional groups attached to an aromatic ring is 1. The van der Waals surface area contributed by atoms with Gasteiger partial charge in [-0.2, -0.15) is 9.97 Å². The van der Waals surface area contributed by atoms with Gasteiger partial charge in [0.05, 0.1) is 13.2 Å². The zero-order valence-electron chi connectivity index (χ0n) is 15.6. The van der Waals surface area contributed by atoms with Gasteiger partial charge in [0.1, 0.15) is 17.3 Å². The number of anilines is 3. The minimum absolute atomic E-state index is 0.0792. The summed E-state index contributed by atoms with van der Waals surface area (Å²) < 4.78 is 7.36. The van der Waals surface area contributed by atoms with E-state index in [1.165, 1.54) is 0 Å². The Kier molecular flexibility index (Phi) is 3.90. The van der Waals surface area contributed by atoms with Crippen LogP contribution in [0.4, 0.5) is 17.6 Å². The topological polar surface area (TPSA) is 111 Å². The SMILES string of the molecule is Cn1cc(C2CC(=O)Nc3nc(N4CCOCC4)nc(N)c32)c2cccnc21. The molecule has 1 unspecified atom stereocenters. The fourth-order valence-corrected chi connectivity index (χ4v) is 4.07. The second-order valence-corrected chi connectivity index (χ2v) is 7.15. The van der Waals surface area contributed by atoms with Gasteiger partial charge in [-0.25, -0.2) is 4.98 Å². The summed E-state index contributed by atoms with van der Waals surface area (Å²) in [6, 6.07) is 3.92. The van der Waals surface area contributed by atoms with Gasteiger partial charge in [0.25, 0.3) is 0 Å². The van der Waals surface area contributed by atoms with Crippen LogP contribution in [0.15, 0.2) is 24.5 Å². The van der Waals surface area contributed by atoms with Crippen molar-refractivity contribution in [2.45, 2.75) is 12.3 Å². The summed E-state index contributed by atoms with van der Waals surface area (Å²) in [5.74, 6) is 1.13. The molecule has 1 fully saturated rings. The third-order valence-electron chi connectivity index (χ3n) is 5.39. The van der Waals surface area contributed by atoms with E-state index in [1.54, 1.807) is 6.20 Å². The van der Waals surface area contributed by atoms with Crippen molar-refractivity contribution in [3.8, 4) is 0 Å². The Morgan fingerprint density at radius 3 is 2.93 bits per heavy atom. The minimum Gasteiger partial charge on any atom is -0.383 e. The Balaban J connectivity index is 1.63. The van der Waals surface area contributed by atoms with Crippen LogP contribution in [0.3, 0.4) is 0 Å². The number of fused-ring (bicyclic) bond motifs is 2. The molecule has 144 valence electrons. The highest BCUT2D eigenvalue weighted by molar-refractivity contribution is 5.96. The maximum atomic E-state index is 12.5. The van der Waals surface area contributed by atoms with Gasteiger partial charge in [0.2, 0.25) is 11.9 Å². The minimum atomic E-state index is -0.213. The molecule has 3 aromatic heterocycles. The molecule has 2 aliphatic heterocycles. The number of aryl methyl sites for hydroxylation is 1. The van der Waals surface area contributed by atoms with E-state index in [2.05, 4.69) is 20.3 Å². The average molecular weight is 379 g/mol. The first-order valence-electron chi connectivity index (χ1n) is 9.31. The highest BCUT2D eigenvalue weighted by Crippen LogP contribution is 2.42. The number of amides is 1. The lowest BCUT2D eigenvalue weighted by Crippen LogP contribution is -2.38. The molecule has 3 N–H and O–H groups in total. The van der Waals surface area contributed by atoms with E-state index in [4.69, 9.17) is 10.5 Å². The average Bonchev–Trinajstić information content (AvgIpc) is 3.04. The number of ether oxygens (including phenoxy) is 1. The molecule has 0 aliphatic carbocycles. The molecule has 9 nitrogen and oxygen atoms in total. The summed E-state index contributed by atoms with van der Waals surface area (Å²) in [5, 5.41) is 3.89. The van der Waals surface area contributed by atoms with Crippen LogP contribution in [0.5, 0.6) is 0 Å². The van der Waals surface area contributed by atoms with E-state index < -0.39 is 0 Å². The summed E-state index contributed by atoms with van der Waals surface area (Å²) in [5.41, 5.74) is 9.04. The van der Waals surface area contributed by atoms with Gasteiger partial charge in [-0.1, -0.05) is 0 Å². The van der Waals surface area contributed by atoms with E-state index in [0.29, 0.717) is 50.3 Å². The monoisotopic (exact) mass is 379 g/mol. The Hall–Kier alpha value is -3.20. The van der Waals surface area contributed by atoms with Crippen LogP contribution in [0.1, 0.15) is 23.5 Å². The van der Waals surface area contributed by atoms with Crippen molar-refractivity contribution in [1.29, 1.82) is 0 Å². The largest absolute Gasteiger partial charge is 0.383 e. The summed E-state index contributed by atoms with van der Waals surface area (Å²) in [7, 11) is 1.95. The maximum Gasteiger partial charge on any atom is 0.229 e. The number of nitrogens with two attached hydrogens (primary N) is 1. The summed E-state index contributed by atoms with van der Waals surface area (Å²) in [6.45, 7) is 2.64. The molecule has 0 bridgehead atoms. The van der Waals surface area contributed by atoms with Crippen LogP contribution in [0.25, 0.3) is 11.0 Å². The van der Waals surface area contributed by atoms with Crippen molar-refractivity contribution in [2.24, 2.45) is 7.05 Å². The van der Waals surface area contributed by atoms with Crippen molar-refractivity contribution >= 4 is 34.5 Å². The molecule has 0 spiro atoms. The molecular weight excluding hydrogens is 358 g/mol. The van der Waals surface area contributed by atoms with Crippen molar-refractivity contribution in [3.05, 3.63) is 35.7 Å². The van der Waals surface area contributed by atoms with E-state index in [-0.39, 0.29) is 11.8 Å². The number of pyridine rings is 1. The first kappa shape index (κ1) is 16.9. The molecule has 28 heavy (non-hydrogen) atoms. The third-order valence-corrected chi connectivity index (χ3v) is 5.39. The van der Waals surface area contributed by atoms with Gasteiger partial charge in [0.15, 0.2) is 0 Å². The van der Waals surface area contributed by atoms with E-state index in [1.807, 2.05) is 34.8 Å². The lowest BCUT2D eigenvalue weighted by Gasteiger charge is -2.30. The number of carbonyl (C=O) groups excluding carboxylic acids is 1. The molecule has 5 heterocycles. The van der Waals surface area contributed by atoms with E-state index >= 15 is 0 Å². The highest BCUT2D eigenvalue weighted by Gasteiger charge is 2.33. The molecule has 1 atom stereocenters. The first-order chi connectivity index (χ1) is 13.6. The molecule has 1 saturated heterocycles. The predicted octanol–water partition coefficient (Wildman–Crippen LogP) is 1.26. The van der Waals surface area contributed by atoms with E-state index in [9.17, 15) is 4.79 Å². The fourth-order valence-electron chi connectivity index (χ4n) is 4.07. The van der Waals surface area contributed by atoms with Gasteiger partial charge in [-0.05, 0) is 17.7 Å². The number of aromatic nitrogens is 4. The van der Waals surface area contributed by atoms with Gasteiger partial charge in [0, 0.05) is 55.8 Å². The number of carbonyl (C=O) groups is 1. The molecule has 0 aromatic carbocycles. The van der Waals surface area contributed by atoms with Crippen molar-refractivity contribution in [1.82, 2.24) is 19.5 Å². The normalized spacial score (nSPS) is 19.5. The van der Waals surface area contributed by atoms with Crippen LogP contribution in [0, 0.1) is 0 Å². The second kappa shape index (κ2) is 6.45. The quantitative estimate of drug-likeness (QED) is 0.689. The summed E-state index contributed by atoms with van der Waals surface area (Å²) >= 11 is 0. The van der Waals surface area contributed by atoms with Crippen LogP contribution < -0.4 is 16.0 Å². The number of hydrogen-bond donors (Lipinski definition) is 2. The van der Waals surface area contributed by atoms with Crippen LogP contribution in [-0.2, 0) is 16.6 Å². The number of hydrogen-bond acceptors (Lipinski definition) is 7. The number of nitrogens with zero attached hydrogens (tertiary/aromatic N) is 5. The van der Waals surface area contributed by atoms with Crippen LogP contribution >= 0.6 is 0 Å². The van der Waals surface area contributed by atoms with Gasteiger partial charge in [-0.15, -0.1) is 0 Å².